The fourth-order valence-electron chi connectivity index (χ4n) is 2.40. The zero-order chi connectivity index (χ0) is 14.3. The maximum atomic E-state index is 9.77. The Hall–Kier alpha value is -0.900. The third-order valence-corrected chi connectivity index (χ3v) is 3.58. The summed E-state index contributed by atoms with van der Waals surface area (Å²) in [6.45, 7) is 5.34. The van der Waals surface area contributed by atoms with E-state index in [1.165, 1.54) is 5.56 Å². The van der Waals surface area contributed by atoms with Crippen molar-refractivity contribution in [1.29, 1.82) is 0 Å². The number of aliphatic hydroxyl groups excluding tert-OH is 1. The van der Waals surface area contributed by atoms with Crippen molar-refractivity contribution in [2.45, 2.75) is 18.8 Å². The topological polar surface area (TPSA) is 26.7 Å². The zero-order valence-corrected chi connectivity index (χ0v) is 12.8. The molecular weight excluding hydrogens is 236 g/mol. The molecule has 0 aliphatic rings. The number of rotatable bonds is 8. The summed E-state index contributed by atoms with van der Waals surface area (Å²) >= 11 is 0. The van der Waals surface area contributed by atoms with Crippen molar-refractivity contribution in [3.8, 4) is 0 Å². The predicted molar refractivity (Wildman–Crippen MR) is 81.5 cm³/mol. The zero-order valence-electron chi connectivity index (χ0n) is 12.8. The first-order valence-electron chi connectivity index (χ1n) is 6.97. The van der Waals surface area contributed by atoms with E-state index in [2.05, 4.69) is 50.0 Å². The first kappa shape index (κ1) is 16.2. The highest BCUT2D eigenvalue weighted by molar-refractivity contribution is 5.25. The third kappa shape index (κ3) is 5.31. The monoisotopic (exact) mass is 264 g/mol. The second-order valence-corrected chi connectivity index (χ2v) is 5.98. The molecule has 3 heteroatoms. The van der Waals surface area contributed by atoms with E-state index >= 15 is 0 Å². The Morgan fingerprint density at radius 3 is 2.21 bits per heavy atom. The van der Waals surface area contributed by atoms with Crippen LogP contribution in [-0.2, 0) is 5.41 Å². The second kappa shape index (κ2) is 7.63. The lowest BCUT2D eigenvalue weighted by Crippen LogP contribution is -2.40. The van der Waals surface area contributed by atoms with Gasteiger partial charge in [0.1, 0.15) is 0 Å². The highest BCUT2D eigenvalue weighted by Gasteiger charge is 2.27. The first-order chi connectivity index (χ1) is 8.98. The number of hydrogen-bond acceptors (Lipinski definition) is 3. The van der Waals surface area contributed by atoms with E-state index in [1.807, 2.05) is 18.2 Å². The van der Waals surface area contributed by atoms with Crippen LogP contribution in [0.25, 0.3) is 0 Å². The van der Waals surface area contributed by atoms with Gasteiger partial charge in [-0.15, -0.1) is 0 Å². The molecular formula is C16H28N2O. The van der Waals surface area contributed by atoms with Crippen LogP contribution in [0.3, 0.4) is 0 Å². The first-order valence-corrected chi connectivity index (χ1v) is 6.97. The van der Waals surface area contributed by atoms with Gasteiger partial charge in [0, 0.05) is 12.0 Å². The average Bonchev–Trinajstić information content (AvgIpc) is 2.39. The van der Waals surface area contributed by atoms with Gasteiger partial charge in [0.15, 0.2) is 0 Å². The van der Waals surface area contributed by atoms with E-state index in [0.29, 0.717) is 0 Å². The summed E-state index contributed by atoms with van der Waals surface area (Å²) in [4.78, 5) is 4.52. The maximum absolute atomic E-state index is 9.77. The molecule has 1 N–H and O–H groups in total. The van der Waals surface area contributed by atoms with E-state index in [4.69, 9.17) is 0 Å². The summed E-state index contributed by atoms with van der Waals surface area (Å²) in [6.07, 6.45) is 1.15. The molecule has 1 unspecified atom stereocenters. The van der Waals surface area contributed by atoms with Gasteiger partial charge < -0.3 is 14.9 Å². The normalized spacial score (nSPS) is 14.9. The summed E-state index contributed by atoms with van der Waals surface area (Å²) in [5.41, 5.74) is 1.02. The average molecular weight is 264 g/mol. The molecule has 1 atom stereocenters. The van der Waals surface area contributed by atoms with E-state index in [1.54, 1.807) is 0 Å². The molecule has 0 spiro atoms. The Kier molecular flexibility index (Phi) is 6.49. The summed E-state index contributed by atoms with van der Waals surface area (Å²) in [6, 6.07) is 10.3. The second-order valence-electron chi connectivity index (χ2n) is 5.98. The molecule has 0 radical (unpaired) electrons. The summed E-state index contributed by atoms with van der Waals surface area (Å²) in [5, 5.41) is 9.77. The van der Waals surface area contributed by atoms with Crippen molar-refractivity contribution < 1.29 is 5.11 Å². The van der Waals surface area contributed by atoms with Crippen LogP contribution in [0, 0.1) is 0 Å². The Balaban J connectivity index is 2.56. The summed E-state index contributed by atoms with van der Waals surface area (Å²) in [7, 11) is 6.33. The molecule has 108 valence electrons. The Morgan fingerprint density at radius 1 is 1.05 bits per heavy atom. The van der Waals surface area contributed by atoms with Crippen LogP contribution in [0.4, 0.5) is 0 Å². The minimum absolute atomic E-state index is 0.176. The van der Waals surface area contributed by atoms with Gasteiger partial charge in [-0.1, -0.05) is 37.3 Å². The molecule has 1 aromatic rings. The predicted octanol–water partition coefficient (Wildman–Crippen LogP) is 1.82. The molecule has 0 saturated heterocycles. The van der Waals surface area contributed by atoms with E-state index in [9.17, 15) is 5.11 Å². The third-order valence-electron chi connectivity index (χ3n) is 3.58. The number of likely N-dealkylation sites (N-methyl/N-ethyl adjacent to an activating group) is 1. The molecule has 19 heavy (non-hydrogen) atoms. The van der Waals surface area contributed by atoms with Crippen molar-refractivity contribution in [3.63, 3.8) is 0 Å². The van der Waals surface area contributed by atoms with Gasteiger partial charge in [0.05, 0.1) is 6.61 Å². The van der Waals surface area contributed by atoms with Crippen molar-refractivity contribution in [3.05, 3.63) is 35.9 Å². The molecule has 0 fully saturated rings. The van der Waals surface area contributed by atoms with E-state index in [-0.39, 0.29) is 12.0 Å². The fourth-order valence-corrected chi connectivity index (χ4v) is 2.40. The molecule has 0 aliphatic heterocycles. The molecule has 3 nitrogen and oxygen atoms in total. The van der Waals surface area contributed by atoms with Crippen LogP contribution in [0.1, 0.15) is 18.9 Å². The number of hydrogen-bond donors (Lipinski definition) is 1. The van der Waals surface area contributed by atoms with Gasteiger partial charge in [-0.05, 0) is 46.2 Å². The van der Waals surface area contributed by atoms with Crippen molar-refractivity contribution >= 4 is 0 Å². The number of nitrogens with zero attached hydrogens (tertiary/aromatic N) is 2. The SMILES string of the molecule is CN(C)CCCN(C)CC(C)(CO)c1ccccc1. The molecule has 0 bridgehead atoms. The number of benzene rings is 1. The van der Waals surface area contributed by atoms with Crippen LogP contribution in [0.2, 0.25) is 0 Å². The molecule has 0 heterocycles. The fraction of sp³-hybridized carbons (Fsp3) is 0.625. The van der Waals surface area contributed by atoms with Gasteiger partial charge in [-0.25, -0.2) is 0 Å². The highest BCUT2D eigenvalue weighted by Crippen LogP contribution is 2.24. The molecule has 1 rings (SSSR count). The Labute approximate surface area is 117 Å². The lowest BCUT2D eigenvalue weighted by atomic mass is 9.83. The van der Waals surface area contributed by atoms with Gasteiger partial charge in [-0.3, -0.25) is 0 Å². The largest absolute Gasteiger partial charge is 0.395 e. The van der Waals surface area contributed by atoms with Crippen molar-refractivity contribution in [1.82, 2.24) is 9.80 Å². The molecule has 0 amide bonds. The van der Waals surface area contributed by atoms with Crippen LogP contribution < -0.4 is 0 Å². The van der Waals surface area contributed by atoms with Crippen molar-refractivity contribution in [2.24, 2.45) is 0 Å². The van der Waals surface area contributed by atoms with Crippen molar-refractivity contribution in [2.75, 3.05) is 47.4 Å². The van der Waals surface area contributed by atoms with Crippen LogP contribution >= 0.6 is 0 Å². The minimum atomic E-state index is -0.186. The maximum Gasteiger partial charge on any atom is 0.0537 e. The highest BCUT2D eigenvalue weighted by atomic mass is 16.3. The van der Waals surface area contributed by atoms with Crippen LogP contribution in [0.5, 0.6) is 0 Å². The minimum Gasteiger partial charge on any atom is -0.395 e. The van der Waals surface area contributed by atoms with Crippen LogP contribution in [-0.4, -0.2) is 62.3 Å². The smallest absolute Gasteiger partial charge is 0.0537 e. The standard InChI is InChI=1S/C16H28N2O/c1-16(14-19,15-9-6-5-7-10-15)13-18(4)12-8-11-17(2)3/h5-7,9-10,19H,8,11-14H2,1-4H3. The molecule has 0 aromatic heterocycles. The van der Waals surface area contributed by atoms with E-state index in [0.717, 1.165) is 26.1 Å². The Bertz CT molecular complexity index is 353. The van der Waals surface area contributed by atoms with Gasteiger partial charge in [-0.2, -0.15) is 0 Å². The molecule has 0 saturated carbocycles. The quantitative estimate of drug-likeness (QED) is 0.776. The lowest BCUT2D eigenvalue weighted by molar-refractivity contribution is 0.156. The van der Waals surface area contributed by atoms with Crippen LogP contribution in [0.15, 0.2) is 30.3 Å². The molecule has 1 aromatic carbocycles. The van der Waals surface area contributed by atoms with E-state index < -0.39 is 0 Å². The van der Waals surface area contributed by atoms with Gasteiger partial charge in [0.2, 0.25) is 0 Å². The van der Waals surface area contributed by atoms with Gasteiger partial charge >= 0.3 is 0 Å². The van der Waals surface area contributed by atoms with Gasteiger partial charge in [0.25, 0.3) is 0 Å². The summed E-state index contributed by atoms with van der Waals surface area (Å²) in [5.74, 6) is 0. The lowest BCUT2D eigenvalue weighted by Gasteiger charge is -2.33. The molecule has 0 aliphatic carbocycles. The summed E-state index contributed by atoms with van der Waals surface area (Å²) < 4.78 is 0. The number of aliphatic hydroxyl groups is 1. The Morgan fingerprint density at radius 2 is 1.68 bits per heavy atom.